The minimum Gasteiger partial charge on any atom is -0.409 e. The second-order valence-electron chi connectivity index (χ2n) is 3.38. The van der Waals surface area contributed by atoms with E-state index in [0.717, 1.165) is 0 Å². The van der Waals surface area contributed by atoms with E-state index in [1.807, 2.05) is 6.07 Å². The van der Waals surface area contributed by atoms with Gasteiger partial charge in [-0.1, -0.05) is 43.7 Å². The summed E-state index contributed by atoms with van der Waals surface area (Å²) >= 11 is 0. The fraction of sp³-hybridized carbons (Fsp3) is 0.500. The monoisotopic (exact) mass is 223 g/mol. The molecule has 0 amide bonds. The van der Waals surface area contributed by atoms with Crippen molar-refractivity contribution >= 4 is 14.2 Å². The molecule has 0 saturated carbocycles. The van der Waals surface area contributed by atoms with Crippen LogP contribution in [0, 0.1) is 0 Å². The second-order valence-corrected chi connectivity index (χ2v) is 5.59. The predicted octanol–water partition coefficient (Wildman–Crippen LogP) is 1.96. The maximum atomic E-state index is 5.89. The highest BCUT2D eigenvalue weighted by Gasteiger charge is 2.14. The number of ether oxygens (including phenoxy) is 1. The Balaban J connectivity index is 2.50. The van der Waals surface area contributed by atoms with Gasteiger partial charge in [0.05, 0.1) is 13.2 Å². The lowest BCUT2D eigenvalue weighted by atomic mass is 10.4. The molecule has 0 N–H and O–H groups in total. The zero-order valence-electron chi connectivity index (χ0n) is 9.53. The summed E-state index contributed by atoms with van der Waals surface area (Å²) in [5.74, 6) is 0. The highest BCUT2D eigenvalue weighted by molar-refractivity contribution is 6.67. The molecule has 1 aromatic carbocycles. The third-order valence-electron chi connectivity index (χ3n) is 2.14. The molecule has 15 heavy (non-hydrogen) atoms. The Morgan fingerprint density at radius 1 is 1.13 bits per heavy atom. The minimum absolute atomic E-state index is 0.685. The smallest absolute Gasteiger partial charge is 0.246 e. The van der Waals surface area contributed by atoms with Gasteiger partial charge in [-0.05, 0) is 11.2 Å². The van der Waals surface area contributed by atoms with Crippen LogP contribution in [0.25, 0.3) is 0 Å². The van der Waals surface area contributed by atoms with Gasteiger partial charge < -0.3 is 9.16 Å². The first kappa shape index (κ1) is 12.4. The van der Waals surface area contributed by atoms with Crippen LogP contribution in [0.1, 0.15) is 13.3 Å². The van der Waals surface area contributed by atoms with Gasteiger partial charge in [0, 0.05) is 7.11 Å². The quantitative estimate of drug-likeness (QED) is 0.520. The molecular formula is C12H19O2Si. The number of methoxy groups -OCH3 is 1. The lowest BCUT2D eigenvalue weighted by molar-refractivity contribution is 0.147. The molecule has 1 rings (SSSR count). The number of hydrogen-bond donors (Lipinski definition) is 0. The van der Waals surface area contributed by atoms with E-state index in [1.165, 1.54) is 17.7 Å². The van der Waals surface area contributed by atoms with Crippen LogP contribution in [-0.4, -0.2) is 29.4 Å². The molecule has 0 aliphatic heterocycles. The Hall–Kier alpha value is -0.643. The van der Waals surface area contributed by atoms with Crippen LogP contribution >= 0.6 is 0 Å². The fourth-order valence-corrected chi connectivity index (χ4v) is 3.35. The first-order valence-electron chi connectivity index (χ1n) is 5.41. The Labute approximate surface area is 93.9 Å². The summed E-state index contributed by atoms with van der Waals surface area (Å²) in [7, 11) is 0.881. The van der Waals surface area contributed by atoms with E-state index in [-0.39, 0.29) is 0 Å². The molecule has 0 unspecified atom stereocenters. The normalized spacial score (nSPS) is 10.9. The second kappa shape index (κ2) is 7.62. The van der Waals surface area contributed by atoms with Gasteiger partial charge in [0.15, 0.2) is 0 Å². The van der Waals surface area contributed by atoms with Crippen molar-refractivity contribution in [3.63, 3.8) is 0 Å². The maximum absolute atomic E-state index is 5.89. The van der Waals surface area contributed by atoms with E-state index in [4.69, 9.17) is 9.16 Å². The average molecular weight is 223 g/mol. The topological polar surface area (TPSA) is 18.5 Å². The van der Waals surface area contributed by atoms with Gasteiger partial charge in [-0.25, -0.2) is 0 Å². The maximum Gasteiger partial charge on any atom is 0.246 e. The van der Waals surface area contributed by atoms with Crippen molar-refractivity contribution in [1.82, 2.24) is 0 Å². The van der Waals surface area contributed by atoms with Crippen LogP contribution in [-0.2, 0) is 9.16 Å². The largest absolute Gasteiger partial charge is 0.409 e. The van der Waals surface area contributed by atoms with Crippen molar-refractivity contribution in [1.29, 1.82) is 0 Å². The van der Waals surface area contributed by atoms with Crippen molar-refractivity contribution in [3.05, 3.63) is 30.3 Å². The Bertz CT molecular complexity index is 251. The predicted molar refractivity (Wildman–Crippen MR) is 64.8 cm³/mol. The average Bonchev–Trinajstić information content (AvgIpc) is 2.29. The van der Waals surface area contributed by atoms with Gasteiger partial charge in [0.1, 0.15) is 0 Å². The van der Waals surface area contributed by atoms with Crippen molar-refractivity contribution in [2.75, 3.05) is 20.3 Å². The minimum atomic E-state index is -0.826. The van der Waals surface area contributed by atoms with Gasteiger partial charge in [0.2, 0.25) is 9.04 Å². The summed E-state index contributed by atoms with van der Waals surface area (Å²) in [6, 6.07) is 11.7. The van der Waals surface area contributed by atoms with Crippen LogP contribution < -0.4 is 5.19 Å². The van der Waals surface area contributed by atoms with Crippen molar-refractivity contribution in [3.8, 4) is 0 Å². The summed E-state index contributed by atoms with van der Waals surface area (Å²) in [5, 5.41) is 1.36. The summed E-state index contributed by atoms with van der Waals surface area (Å²) < 4.78 is 10.9. The van der Waals surface area contributed by atoms with Crippen LogP contribution in [0.4, 0.5) is 0 Å². The zero-order chi connectivity index (χ0) is 10.9. The summed E-state index contributed by atoms with van der Waals surface area (Å²) in [6.45, 7) is 3.59. The first-order chi connectivity index (χ1) is 7.38. The highest BCUT2D eigenvalue weighted by Crippen LogP contribution is 2.00. The summed E-state index contributed by atoms with van der Waals surface area (Å²) in [6.07, 6.45) is 1.18. The molecule has 3 heteroatoms. The van der Waals surface area contributed by atoms with E-state index < -0.39 is 9.04 Å². The third-order valence-corrected chi connectivity index (χ3v) is 4.62. The van der Waals surface area contributed by atoms with E-state index >= 15 is 0 Å². The third kappa shape index (κ3) is 4.60. The lowest BCUT2D eigenvalue weighted by Gasteiger charge is -2.14. The number of hydrogen-bond acceptors (Lipinski definition) is 2. The van der Waals surface area contributed by atoms with E-state index in [1.54, 1.807) is 7.11 Å². The van der Waals surface area contributed by atoms with Gasteiger partial charge in [-0.2, -0.15) is 0 Å². The molecule has 0 bridgehead atoms. The van der Waals surface area contributed by atoms with Crippen molar-refractivity contribution < 1.29 is 9.16 Å². The molecular weight excluding hydrogens is 204 g/mol. The molecule has 0 aromatic heterocycles. The van der Waals surface area contributed by atoms with E-state index in [9.17, 15) is 0 Å². The van der Waals surface area contributed by atoms with Gasteiger partial charge in [-0.15, -0.1) is 0 Å². The fourth-order valence-electron chi connectivity index (χ4n) is 1.40. The molecule has 0 heterocycles. The molecule has 2 nitrogen and oxygen atoms in total. The van der Waals surface area contributed by atoms with E-state index in [0.29, 0.717) is 13.2 Å². The van der Waals surface area contributed by atoms with Gasteiger partial charge >= 0.3 is 0 Å². The molecule has 83 valence electrons. The van der Waals surface area contributed by atoms with Crippen LogP contribution in [0.5, 0.6) is 0 Å². The molecule has 0 spiro atoms. The molecule has 0 fully saturated rings. The van der Waals surface area contributed by atoms with Crippen LogP contribution in [0.15, 0.2) is 30.3 Å². The highest BCUT2D eigenvalue weighted by atomic mass is 28.3. The van der Waals surface area contributed by atoms with Crippen molar-refractivity contribution in [2.45, 2.75) is 19.4 Å². The standard InChI is InChI=1S/C12H19O2Si/c1-3-11-15(14-10-9-13-2)12-7-5-4-6-8-12/h4-8H,3,9-11H2,1-2H3. The summed E-state index contributed by atoms with van der Waals surface area (Å²) in [4.78, 5) is 0. The molecule has 0 aliphatic rings. The van der Waals surface area contributed by atoms with E-state index in [2.05, 4.69) is 31.2 Å². The Morgan fingerprint density at radius 3 is 2.47 bits per heavy atom. The van der Waals surface area contributed by atoms with Gasteiger partial charge in [0.25, 0.3) is 0 Å². The first-order valence-corrected chi connectivity index (χ1v) is 7.03. The van der Waals surface area contributed by atoms with Gasteiger partial charge in [-0.3, -0.25) is 0 Å². The Kier molecular flexibility index (Phi) is 6.32. The molecule has 0 atom stereocenters. The van der Waals surface area contributed by atoms with Crippen LogP contribution in [0.3, 0.4) is 0 Å². The van der Waals surface area contributed by atoms with Crippen molar-refractivity contribution in [2.24, 2.45) is 0 Å². The molecule has 1 aromatic rings. The molecule has 0 aliphatic carbocycles. The number of benzene rings is 1. The zero-order valence-corrected chi connectivity index (χ0v) is 10.5. The lowest BCUT2D eigenvalue weighted by Crippen LogP contribution is -2.34. The van der Waals surface area contributed by atoms with Crippen LogP contribution in [0.2, 0.25) is 6.04 Å². The Morgan fingerprint density at radius 2 is 1.87 bits per heavy atom. The molecule has 1 radical (unpaired) electrons. The number of rotatable bonds is 7. The SMILES string of the molecule is CCC[Si](OCCOC)c1ccccc1. The summed E-state index contributed by atoms with van der Waals surface area (Å²) in [5.41, 5.74) is 0. The molecule has 0 saturated heterocycles.